The number of carbonyl (C=O) groups is 1. The van der Waals surface area contributed by atoms with E-state index in [-0.39, 0.29) is 30.8 Å². The fraction of sp³-hybridized carbons (Fsp3) is 0.930. The van der Waals surface area contributed by atoms with Gasteiger partial charge in [0.25, 0.3) is 7.82 Å². The molecule has 0 spiro atoms. The van der Waals surface area contributed by atoms with Crippen LogP contribution in [0.1, 0.15) is 174 Å². The lowest BCUT2D eigenvalue weighted by molar-refractivity contribution is -0.870. The van der Waals surface area contributed by atoms with Crippen molar-refractivity contribution in [2.24, 2.45) is 11.8 Å². The van der Waals surface area contributed by atoms with Crippen molar-refractivity contribution in [2.45, 2.75) is 205 Å². The SMILES string of the molecule is CCCCCCCCCCCCCCC[C@@H](O)[C@H](COP(=O)([O-])OCC[N+](C)(C)C)NC(=O)CCCCCC[C@@H]1[C@@H](/C=C/[C@@H](O)CCCCC)[C@H](O)C[C@@H]1O. The molecule has 0 aromatic heterocycles. The van der Waals surface area contributed by atoms with E-state index in [1.807, 2.05) is 27.2 Å². The van der Waals surface area contributed by atoms with Crippen LogP contribution >= 0.6 is 7.82 Å². The molecule has 0 radical (unpaired) electrons. The third-order valence-corrected chi connectivity index (χ3v) is 12.1. The van der Waals surface area contributed by atoms with E-state index >= 15 is 0 Å². The van der Waals surface area contributed by atoms with Gasteiger partial charge < -0.3 is 44.2 Å². The van der Waals surface area contributed by atoms with Crippen LogP contribution in [0.3, 0.4) is 0 Å². The number of quaternary nitrogens is 1. The lowest BCUT2D eigenvalue weighted by Gasteiger charge is -2.30. The topological polar surface area (TPSA) is 169 Å². The highest BCUT2D eigenvalue weighted by Gasteiger charge is 2.39. The van der Waals surface area contributed by atoms with Gasteiger partial charge in [0.1, 0.15) is 13.2 Å². The molecule has 55 heavy (non-hydrogen) atoms. The van der Waals surface area contributed by atoms with Crippen LogP contribution in [0.5, 0.6) is 0 Å². The molecule has 5 N–H and O–H groups in total. The summed E-state index contributed by atoms with van der Waals surface area (Å²) < 4.78 is 23.2. The molecule has 0 bridgehead atoms. The number of aliphatic hydroxyl groups excluding tert-OH is 4. The number of carbonyl (C=O) groups excluding carboxylic acids is 1. The lowest BCUT2D eigenvalue weighted by atomic mass is 9.88. The van der Waals surface area contributed by atoms with E-state index in [4.69, 9.17) is 9.05 Å². The maximum atomic E-state index is 13.0. The molecule has 1 aliphatic rings. The van der Waals surface area contributed by atoms with E-state index in [0.717, 1.165) is 64.2 Å². The number of amides is 1. The van der Waals surface area contributed by atoms with Gasteiger partial charge in [0.15, 0.2) is 0 Å². The van der Waals surface area contributed by atoms with Crippen molar-refractivity contribution in [1.29, 1.82) is 0 Å². The van der Waals surface area contributed by atoms with Gasteiger partial charge in [0.05, 0.1) is 58.2 Å². The number of unbranched alkanes of at least 4 members (excludes halogenated alkanes) is 17. The molecule has 1 amide bonds. The predicted octanol–water partition coefficient (Wildman–Crippen LogP) is 7.72. The molecule has 0 aromatic rings. The molecule has 1 rings (SSSR count). The third-order valence-electron chi connectivity index (χ3n) is 11.1. The Morgan fingerprint density at radius 3 is 1.91 bits per heavy atom. The summed E-state index contributed by atoms with van der Waals surface area (Å²) in [6.07, 6.45) is 25.5. The number of hydrogen-bond donors (Lipinski definition) is 5. The molecule has 11 nitrogen and oxygen atoms in total. The largest absolute Gasteiger partial charge is 0.756 e. The minimum Gasteiger partial charge on any atom is -0.756 e. The average Bonchev–Trinajstić information content (AvgIpc) is 3.39. The maximum absolute atomic E-state index is 13.0. The Morgan fingerprint density at radius 1 is 0.782 bits per heavy atom. The summed E-state index contributed by atoms with van der Waals surface area (Å²) in [4.78, 5) is 25.5. The van der Waals surface area contributed by atoms with E-state index in [9.17, 15) is 34.7 Å². The summed E-state index contributed by atoms with van der Waals surface area (Å²) in [5.41, 5.74) is 0. The number of phosphoric ester groups is 1. The first-order valence-electron chi connectivity index (χ1n) is 22.3. The summed E-state index contributed by atoms with van der Waals surface area (Å²) in [7, 11) is 1.18. The van der Waals surface area contributed by atoms with E-state index in [1.54, 1.807) is 6.08 Å². The normalized spacial score (nSPS) is 21.9. The van der Waals surface area contributed by atoms with Gasteiger partial charge in [-0.05, 0) is 31.6 Å². The van der Waals surface area contributed by atoms with Gasteiger partial charge in [0.2, 0.25) is 5.91 Å². The van der Waals surface area contributed by atoms with Crippen molar-refractivity contribution in [3.63, 3.8) is 0 Å². The highest BCUT2D eigenvalue weighted by Crippen LogP contribution is 2.39. The summed E-state index contributed by atoms with van der Waals surface area (Å²) >= 11 is 0. The molecule has 1 fully saturated rings. The average molecular weight is 805 g/mol. The van der Waals surface area contributed by atoms with Crippen LogP contribution in [0, 0.1) is 11.8 Å². The number of likely N-dealkylation sites (N-methyl/N-ethyl adjacent to an activating group) is 1. The summed E-state index contributed by atoms with van der Waals surface area (Å²) in [5.74, 6) is -0.510. The van der Waals surface area contributed by atoms with Crippen LogP contribution in [0.2, 0.25) is 0 Å². The Labute approximate surface area is 336 Å². The third kappa shape index (κ3) is 27.4. The monoisotopic (exact) mass is 805 g/mol. The molecule has 0 saturated heterocycles. The second kappa shape index (κ2) is 31.1. The van der Waals surface area contributed by atoms with Crippen molar-refractivity contribution < 1.29 is 48.2 Å². The number of nitrogens with one attached hydrogen (secondary N) is 1. The second-order valence-electron chi connectivity index (χ2n) is 17.4. The van der Waals surface area contributed by atoms with Crippen LogP contribution in [0.25, 0.3) is 0 Å². The van der Waals surface area contributed by atoms with Gasteiger partial charge in [-0.1, -0.05) is 148 Å². The van der Waals surface area contributed by atoms with Gasteiger partial charge >= 0.3 is 0 Å². The molecule has 1 saturated carbocycles. The van der Waals surface area contributed by atoms with Crippen LogP contribution in [0.15, 0.2) is 12.2 Å². The van der Waals surface area contributed by atoms with E-state index in [2.05, 4.69) is 19.2 Å². The Hall–Kier alpha value is -0.880. The first-order chi connectivity index (χ1) is 26.2. The minimum atomic E-state index is -4.62. The zero-order valence-corrected chi connectivity index (χ0v) is 36.6. The quantitative estimate of drug-likeness (QED) is 0.0184. The van der Waals surface area contributed by atoms with Gasteiger partial charge in [0, 0.05) is 18.8 Å². The molecule has 1 aliphatic carbocycles. The lowest BCUT2D eigenvalue weighted by Crippen LogP contribution is -2.46. The standard InChI is InChI=1S/C43H85N2O9P/c1-6-8-10-11-12-13-14-15-16-17-18-19-24-28-40(47)39(35-54-55(51,52)53-33-32-45(3,4)5)44-43(50)29-25-21-20-23-27-37-38(42(49)34-41(37)48)31-30-36(46)26-22-9-7-2/h30-31,36-42,46-49H,6-29,32-35H2,1-5H3,(H-,44,50,51,52)/b31-30+/t36-,37+,38+,39-,40+,41-,42+/m0/s1. The zero-order valence-electron chi connectivity index (χ0n) is 35.7. The Morgan fingerprint density at radius 2 is 1.31 bits per heavy atom. The first-order valence-corrected chi connectivity index (χ1v) is 23.8. The van der Waals surface area contributed by atoms with Gasteiger partial charge in [-0.15, -0.1) is 0 Å². The summed E-state index contributed by atoms with van der Waals surface area (Å²) in [5, 5.41) is 45.3. The molecule has 8 atom stereocenters. The number of rotatable bonds is 36. The number of aliphatic hydroxyl groups is 4. The van der Waals surface area contributed by atoms with Crippen molar-refractivity contribution in [2.75, 3.05) is 40.9 Å². The fourth-order valence-corrected chi connectivity index (χ4v) is 8.21. The summed E-state index contributed by atoms with van der Waals surface area (Å²) in [6.45, 7) is 4.43. The smallest absolute Gasteiger partial charge is 0.268 e. The van der Waals surface area contributed by atoms with Crippen molar-refractivity contribution in [1.82, 2.24) is 5.32 Å². The van der Waals surface area contributed by atoms with Crippen LogP contribution in [-0.4, -0.2) is 102 Å². The molecular formula is C43H85N2O9P. The van der Waals surface area contributed by atoms with Gasteiger partial charge in [-0.25, -0.2) is 0 Å². The summed E-state index contributed by atoms with van der Waals surface area (Å²) in [6, 6.07) is -0.875. The van der Waals surface area contributed by atoms with E-state index in [1.165, 1.54) is 64.2 Å². The molecular weight excluding hydrogens is 719 g/mol. The number of phosphoric acid groups is 1. The second-order valence-corrected chi connectivity index (χ2v) is 18.8. The van der Waals surface area contributed by atoms with E-state index in [0.29, 0.717) is 36.7 Å². The van der Waals surface area contributed by atoms with Crippen LogP contribution in [-0.2, 0) is 18.4 Å². The highest BCUT2D eigenvalue weighted by atomic mass is 31.2. The van der Waals surface area contributed by atoms with Crippen molar-refractivity contribution in [3.8, 4) is 0 Å². The Kier molecular flexibility index (Phi) is 29.5. The fourth-order valence-electron chi connectivity index (χ4n) is 7.49. The number of nitrogens with zero attached hydrogens (tertiary/aromatic N) is 1. The Balaban J connectivity index is 2.51. The van der Waals surface area contributed by atoms with Gasteiger partial charge in [-0.2, -0.15) is 0 Å². The molecule has 12 heteroatoms. The molecule has 1 unspecified atom stereocenters. The zero-order chi connectivity index (χ0) is 41.0. The van der Waals surface area contributed by atoms with Crippen LogP contribution < -0.4 is 10.2 Å². The van der Waals surface area contributed by atoms with Crippen LogP contribution in [0.4, 0.5) is 0 Å². The van der Waals surface area contributed by atoms with Crippen molar-refractivity contribution in [3.05, 3.63) is 12.2 Å². The first kappa shape index (κ1) is 52.1. The number of hydrogen-bond acceptors (Lipinski definition) is 9. The molecule has 0 aliphatic heterocycles. The highest BCUT2D eigenvalue weighted by molar-refractivity contribution is 7.45. The molecule has 326 valence electrons. The molecule has 0 aromatic carbocycles. The van der Waals surface area contributed by atoms with E-state index < -0.39 is 44.9 Å². The predicted molar refractivity (Wildman–Crippen MR) is 221 cm³/mol. The minimum absolute atomic E-state index is 0.0251. The van der Waals surface area contributed by atoms with Gasteiger partial charge in [-0.3, -0.25) is 9.36 Å². The molecule has 0 heterocycles. The Bertz CT molecular complexity index is 1030. The van der Waals surface area contributed by atoms with Crippen molar-refractivity contribution >= 4 is 13.7 Å². The maximum Gasteiger partial charge on any atom is 0.268 e.